The van der Waals surface area contributed by atoms with Crippen LogP contribution in [0, 0.1) is 0 Å². The highest BCUT2D eigenvalue weighted by Crippen LogP contribution is 2.22. The zero-order chi connectivity index (χ0) is 12.0. The van der Waals surface area contributed by atoms with Gasteiger partial charge < -0.3 is 10.1 Å². The predicted octanol–water partition coefficient (Wildman–Crippen LogP) is 2.08. The molecule has 1 heterocycles. The number of hydrogen-bond donors (Lipinski definition) is 1. The normalized spacial score (nSPS) is 9.88. The van der Waals surface area contributed by atoms with Gasteiger partial charge in [0.2, 0.25) is 5.91 Å². The molecule has 0 aliphatic rings. The molecule has 1 aromatic rings. The maximum Gasteiger partial charge on any atom is 0.305 e. The number of methoxy groups -OCH3 is 1. The fraction of sp³-hybridized carbons (Fsp3) is 0.444. The van der Waals surface area contributed by atoms with E-state index < -0.39 is 0 Å². The number of esters is 1. The Morgan fingerprint density at radius 3 is 2.88 bits per heavy atom. The fourth-order valence-electron chi connectivity index (χ4n) is 0.989. The van der Waals surface area contributed by atoms with Gasteiger partial charge in [0, 0.05) is 12.8 Å². The molecule has 0 saturated heterocycles. The molecule has 0 aromatic carbocycles. The van der Waals surface area contributed by atoms with E-state index in [1.165, 1.54) is 24.6 Å². The van der Waals surface area contributed by atoms with Gasteiger partial charge in [0.25, 0.3) is 0 Å². The second-order valence-electron chi connectivity index (χ2n) is 2.95. The highest BCUT2D eigenvalue weighted by Gasteiger charge is 2.07. The van der Waals surface area contributed by atoms with Crippen molar-refractivity contribution in [1.29, 1.82) is 0 Å². The summed E-state index contributed by atoms with van der Waals surface area (Å²) < 4.78 is 4.97. The van der Waals surface area contributed by atoms with Crippen molar-refractivity contribution < 1.29 is 14.3 Å². The third kappa shape index (κ3) is 4.59. The van der Waals surface area contributed by atoms with E-state index in [0.29, 0.717) is 15.9 Å². The van der Waals surface area contributed by atoms with Gasteiger partial charge in [-0.25, -0.2) is 4.98 Å². The van der Waals surface area contributed by atoms with Crippen molar-refractivity contribution in [2.45, 2.75) is 19.3 Å². The minimum Gasteiger partial charge on any atom is -0.469 e. The molecule has 1 amide bonds. The van der Waals surface area contributed by atoms with Crippen molar-refractivity contribution in [2.75, 3.05) is 12.4 Å². The molecule has 0 spiro atoms. The van der Waals surface area contributed by atoms with Crippen molar-refractivity contribution in [2.24, 2.45) is 0 Å². The van der Waals surface area contributed by atoms with Crippen LogP contribution in [0.3, 0.4) is 0 Å². The summed E-state index contributed by atoms with van der Waals surface area (Å²) >= 11 is 6.84. The van der Waals surface area contributed by atoms with Gasteiger partial charge in [-0.05, 0) is 6.42 Å². The van der Waals surface area contributed by atoms with Crippen molar-refractivity contribution >= 4 is 39.9 Å². The van der Waals surface area contributed by atoms with E-state index in [1.54, 1.807) is 0 Å². The van der Waals surface area contributed by atoms with Gasteiger partial charge in [-0.1, -0.05) is 22.9 Å². The molecule has 7 heteroatoms. The number of carbonyl (C=O) groups excluding carboxylic acids is 2. The smallest absolute Gasteiger partial charge is 0.305 e. The first-order valence-electron chi connectivity index (χ1n) is 4.60. The summed E-state index contributed by atoms with van der Waals surface area (Å²) in [5.74, 6) is -0.500. The van der Waals surface area contributed by atoms with Gasteiger partial charge >= 0.3 is 5.97 Å². The second kappa shape index (κ2) is 6.44. The molecule has 0 aliphatic carbocycles. The van der Waals surface area contributed by atoms with Crippen molar-refractivity contribution in [3.63, 3.8) is 0 Å². The topological polar surface area (TPSA) is 68.3 Å². The molecule has 0 fully saturated rings. The summed E-state index contributed by atoms with van der Waals surface area (Å²) in [4.78, 5) is 26.0. The zero-order valence-corrected chi connectivity index (χ0v) is 10.2. The Kier molecular flexibility index (Phi) is 5.21. The lowest BCUT2D eigenvalue weighted by Gasteiger charge is -2.00. The molecule has 1 rings (SSSR count). The fourth-order valence-corrected chi connectivity index (χ4v) is 1.82. The Labute approximate surface area is 102 Å². The van der Waals surface area contributed by atoms with Gasteiger partial charge in [-0.2, -0.15) is 0 Å². The van der Waals surface area contributed by atoms with E-state index in [2.05, 4.69) is 15.0 Å². The molecule has 0 saturated carbocycles. The van der Waals surface area contributed by atoms with Crippen LogP contribution in [0.2, 0.25) is 4.34 Å². The van der Waals surface area contributed by atoms with Crippen molar-refractivity contribution in [3.8, 4) is 0 Å². The van der Waals surface area contributed by atoms with E-state index in [9.17, 15) is 9.59 Å². The summed E-state index contributed by atoms with van der Waals surface area (Å²) in [5, 5.41) is 3.05. The Hall–Kier alpha value is -1.14. The highest BCUT2D eigenvalue weighted by atomic mass is 35.5. The molecule has 0 aliphatic heterocycles. The van der Waals surface area contributed by atoms with Crippen LogP contribution < -0.4 is 5.32 Å². The highest BCUT2D eigenvalue weighted by molar-refractivity contribution is 7.19. The van der Waals surface area contributed by atoms with Crippen LogP contribution in [0.25, 0.3) is 0 Å². The second-order valence-corrected chi connectivity index (χ2v) is 4.61. The minimum absolute atomic E-state index is 0.185. The molecule has 0 atom stereocenters. The maximum atomic E-state index is 11.4. The Bertz CT molecular complexity index is 381. The lowest BCUT2D eigenvalue weighted by Crippen LogP contribution is -2.11. The predicted molar refractivity (Wildman–Crippen MR) is 61.6 cm³/mol. The molecule has 0 radical (unpaired) electrons. The van der Waals surface area contributed by atoms with Crippen molar-refractivity contribution in [3.05, 3.63) is 10.5 Å². The number of nitrogens with zero attached hydrogens (tertiary/aromatic N) is 1. The van der Waals surface area contributed by atoms with Crippen LogP contribution in [0.5, 0.6) is 0 Å². The number of ether oxygens (including phenoxy) is 1. The number of amides is 1. The third-order valence-corrected chi connectivity index (χ3v) is 2.77. The van der Waals surface area contributed by atoms with E-state index >= 15 is 0 Å². The minimum atomic E-state index is -0.315. The van der Waals surface area contributed by atoms with Gasteiger partial charge in [0.15, 0.2) is 5.13 Å². The van der Waals surface area contributed by atoms with E-state index in [0.717, 1.165) is 0 Å². The number of rotatable bonds is 5. The standard InChI is InChI=1S/C9H11ClN2O3S/c1-15-8(14)4-2-3-7(13)12-9-11-5-6(10)16-9/h5H,2-4H2,1H3,(H,11,12,13). The van der Waals surface area contributed by atoms with Crippen LogP contribution in [0.1, 0.15) is 19.3 Å². The first kappa shape index (κ1) is 12.9. The van der Waals surface area contributed by atoms with Crippen molar-refractivity contribution in [1.82, 2.24) is 4.98 Å². The molecule has 1 N–H and O–H groups in total. The lowest BCUT2D eigenvalue weighted by atomic mass is 10.2. The Balaban J connectivity index is 2.23. The summed E-state index contributed by atoms with van der Waals surface area (Å²) in [6, 6.07) is 0. The molecule has 0 bridgehead atoms. The quantitative estimate of drug-likeness (QED) is 0.825. The first-order valence-corrected chi connectivity index (χ1v) is 5.79. The van der Waals surface area contributed by atoms with E-state index in [4.69, 9.17) is 11.6 Å². The number of thiazole rings is 1. The zero-order valence-electron chi connectivity index (χ0n) is 8.66. The molecule has 88 valence electrons. The number of hydrogen-bond acceptors (Lipinski definition) is 5. The third-order valence-electron chi connectivity index (χ3n) is 1.74. The lowest BCUT2D eigenvalue weighted by molar-refractivity contribution is -0.140. The molecular weight excluding hydrogens is 252 g/mol. The number of halogens is 1. The average molecular weight is 263 g/mol. The summed E-state index contributed by atoms with van der Waals surface area (Å²) in [7, 11) is 1.32. The number of anilines is 1. The molecule has 16 heavy (non-hydrogen) atoms. The van der Waals surface area contributed by atoms with Crippen LogP contribution in [0.15, 0.2) is 6.20 Å². The van der Waals surface area contributed by atoms with E-state index in [-0.39, 0.29) is 24.7 Å². The van der Waals surface area contributed by atoms with Crippen LogP contribution in [-0.2, 0) is 14.3 Å². The Morgan fingerprint density at radius 1 is 1.56 bits per heavy atom. The summed E-state index contributed by atoms with van der Waals surface area (Å²) in [6.45, 7) is 0. The monoisotopic (exact) mass is 262 g/mol. The molecular formula is C9H11ClN2O3S. The number of aromatic nitrogens is 1. The first-order chi connectivity index (χ1) is 7.61. The van der Waals surface area contributed by atoms with E-state index in [1.807, 2.05) is 0 Å². The van der Waals surface area contributed by atoms with Crippen LogP contribution in [0.4, 0.5) is 5.13 Å². The van der Waals surface area contributed by atoms with Gasteiger partial charge in [0.1, 0.15) is 4.34 Å². The van der Waals surface area contributed by atoms with Gasteiger partial charge in [0.05, 0.1) is 13.3 Å². The van der Waals surface area contributed by atoms with Gasteiger partial charge in [-0.3, -0.25) is 9.59 Å². The molecule has 5 nitrogen and oxygen atoms in total. The SMILES string of the molecule is COC(=O)CCCC(=O)Nc1ncc(Cl)s1. The molecule has 0 unspecified atom stereocenters. The number of carbonyl (C=O) groups is 2. The number of nitrogens with one attached hydrogen (secondary N) is 1. The summed E-state index contributed by atoms with van der Waals surface area (Å²) in [5.41, 5.74) is 0. The van der Waals surface area contributed by atoms with Crippen LogP contribution in [-0.4, -0.2) is 24.0 Å². The van der Waals surface area contributed by atoms with Crippen LogP contribution >= 0.6 is 22.9 Å². The summed E-state index contributed by atoms with van der Waals surface area (Å²) in [6.07, 6.45) is 2.42. The maximum absolute atomic E-state index is 11.4. The Morgan fingerprint density at radius 2 is 2.31 bits per heavy atom. The molecule has 1 aromatic heterocycles. The average Bonchev–Trinajstić information content (AvgIpc) is 2.63. The largest absolute Gasteiger partial charge is 0.469 e. The van der Waals surface area contributed by atoms with Gasteiger partial charge in [-0.15, -0.1) is 0 Å².